The van der Waals surface area contributed by atoms with Gasteiger partial charge in [-0.15, -0.1) is 4.13 Å². The molecular weight excluding hydrogens is 329 g/mol. The lowest BCUT2D eigenvalue weighted by Gasteiger charge is -2.10. The molecule has 1 amide bonds. The summed E-state index contributed by atoms with van der Waals surface area (Å²) < 4.78 is 79.6. The molecule has 0 bridgehead atoms. The maximum absolute atomic E-state index is 11.9. The van der Waals surface area contributed by atoms with Gasteiger partial charge in [0.25, 0.3) is 5.91 Å². The average Bonchev–Trinajstić information content (AvgIpc) is 2.20. The van der Waals surface area contributed by atoms with Gasteiger partial charge < -0.3 is 0 Å². The predicted molar refractivity (Wildman–Crippen MR) is 60.8 cm³/mol. The quantitative estimate of drug-likeness (QED) is 0.362. The van der Waals surface area contributed by atoms with E-state index in [9.17, 15) is 34.8 Å². The molecule has 0 heterocycles. The molecule has 0 aromatic heterocycles. The second-order valence-electron chi connectivity index (χ2n) is 3.41. The van der Waals surface area contributed by atoms with Crippen LogP contribution in [0.1, 0.15) is 6.92 Å². The van der Waals surface area contributed by atoms with E-state index in [-0.39, 0.29) is 5.57 Å². The van der Waals surface area contributed by atoms with Crippen molar-refractivity contribution in [3.8, 4) is 0 Å². The molecule has 0 atom stereocenters. The lowest BCUT2D eigenvalue weighted by atomic mass is 10.3. The Morgan fingerprint density at radius 2 is 1.75 bits per heavy atom. The zero-order valence-electron chi connectivity index (χ0n) is 10.0. The molecule has 0 aromatic rings. The maximum atomic E-state index is 11.9. The molecule has 118 valence electrons. The standard InChI is InChI=1S/C7H11F3N2O6S2/c1-5(2)6(13)11-18-3-4-19(14,15)12-20(16,17)7(8,9)10/h12H,1,3-4H2,2H3,(H,11,13). The Balaban J connectivity index is 4.44. The van der Waals surface area contributed by atoms with E-state index in [1.165, 1.54) is 6.92 Å². The highest BCUT2D eigenvalue weighted by Gasteiger charge is 2.48. The van der Waals surface area contributed by atoms with E-state index in [0.717, 1.165) is 0 Å². The van der Waals surface area contributed by atoms with Crippen LogP contribution in [-0.2, 0) is 29.7 Å². The fourth-order valence-electron chi connectivity index (χ4n) is 0.611. The molecule has 0 fully saturated rings. The summed E-state index contributed by atoms with van der Waals surface area (Å²) in [6.45, 7) is 3.80. The van der Waals surface area contributed by atoms with Crippen LogP contribution in [0.5, 0.6) is 0 Å². The summed E-state index contributed by atoms with van der Waals surface area (Å²) in [4.78, 5) is 15.2. The Labute approximate surface area is 113 Å². The molecule has 0 saturated carbocycles. The van der Waals surface area contributed by atoms with Crippen LogP contribution in [0.2, 0.25) is 0 Å². The first-order valence-electron chi connectivity index (χ1n) is 4.69. The SMILES string of the molecule is C=C(C)C(=O)NOCCS(=O)(=O)NS(=O)(=O)C(F)(F)F. The number of carbonyl (C=O) groups excluding carboxylic acids is 1. The van der Waals surface area contributed by atoms with Crippen LogP contribution in [0.25, 0.3) is 0 Å². The number of rotatable bonds is 7. The summed E-state index contributed by atoms with van der Waals surface area (Å²) >= 11 is 0. The van der Waals surface area contributed by atoms with E-state index in [1.807, 2.05) is 0 Å². The smallest absolute Gasteiger partial charge is 0.272 e. The summed E-state index contributed by atoms with van der Waals surface area (Å²) in [6.07, 6.45) is 0. The topological polar surface area (TPSA) is 119 Å². The number of halogens is 3. The van der Waals surface area contributed by atoms with Crippen molar-refractivity contribution in [1.82, 2.24) is 9.61 Å². The van der Waals surface area contributed by atoms with E-state index < -0.39 is 43.8 Å². The first kappa shape index (κ1) is 18.8. The third kappa shape index (κ3) is 6.31. The van der Waals surface area contributed by atoms with Gasteiger partial charge in [0, 0.05) is 5.57 Å². The van der Waals surface area contributed by atoms with Crippen molar-refractivity contribution in [2.45, 2.75) is 12.4 Å². The van der Waals surface area contributed by atoms with Crippen molar-refractivity contribution in [3.05, 3.63) is 12.2 Å². The van der Waals surface area contributed by atoms with Gasteiger partial charge in [-0.25, -0.2) is 22.3 Å². The molecule has 0 radical (unpaired) electrons. The van der Waals surface area contributed by atoms with Gasteiger partial charge in [-0.1, -0.05) is 6.58 Å². The van der Waals surface area contributed by atoms with E-state index in [1.54, 1.807) is 5.48 Å². The number of alkyl halides is 3. The first-order valence-corrected chi connectivity index (χ1v) is 7.82. The van der Waals surface area contributed by atoms with Gasteiger partial charge in [-0.2, -0.15) is 13.2 Å². The summed E-state index contributed by atoms with van der Waals surface area (Å²) in [5.74, 6) is -1.88. The lowest BCUT2D eigenvalue weighted by molar-refractivity contribution is -0.129. The molecule has 0 aliphatic rings. The van der Waals surface area contributed by atoms with Crippen molar-refractivity contribution in [2.24, 2.45) is 0 Å². The number of amides is 1. The maximum Gasteiger partial charge on any atom is 0.512 e. The Hall–Kier alpha value is -1.18. The third-order valence-electron chi connectivity index (χ3n) is 1.55. The average molecular weight is 340 g/mol. The van der Waals surface area contributed by atoms with Crippen molar-refractivity contribution < 1.29 is 39.6 Å². The fourth-order valence-corrected chi connectivity index (χ4v) is 2.96. The minimum absolute atomic E-state index is 0.0469. The fraction of sp³-hybridized carbons (Fsp3) is 0.571. The summed E-state index contributed by atoms with van der Waals surface area (Å²) in [5, 5.41) is 0. The van der Waals surface area contributed by atoms with Crippen molar-refractivity contribution in [1.29, 1.82) is 0 Å². The third-order valence-corrected chi connectivity index (χ3v) is 4.75. The van der Waals surface area contributed by atoms with Crippen LogP contribution in [0.15, 0.2) is 12.2 Å². The molecule has 0 spiro atoms. The monoisotopic (exact) mass is 340 g/mol. The number of sulfonamides is 2. The Bertz CT molecular complexity index is 580. The molecule has 20 heavy (non-hydrogen) atoms. The second-order valence-corrected chi connectivity index (χ2v) is 7.19. The molecule has 8 nitrogen and oxygen atoms in total. The van der Waals surface area contributed by atoms with Crippen LogP contribution < -0.4 is 9.61 Å². The largest absolute Gasteiger partial charge is 0.512 e. The summed E-state index contributed by atoms with van der Waals surface area (Å²) in [7, 11) is -10.8. The molecule has 0 aliphatic carbocycles. The zero-order chi connectivity index (χ0) is 16.2. The van der Waals surface area contributed by atoms with Crippen molar-refractivity contribution >= 4 is 26.0 Å². The van der Waals surface area contributed by atoms with E-state index in [0.29, 0.717) is 4.13 Å². The number of hydroxylamine groups is 1. The minimum Gasteiger partial charge on any atom is -0.272 e. The normalized spacial score (nSPS) is 13.0. The summed E-state index contributed by atoms with van der Waals surface area (Å²) in [6, 6.07) is 0. The Morgan fingerprint density at radius 1 is 1.25 bits per heavy atom. The van der Waals surface area contributed by atoms with E-state index >= 15 is 0 Å². The van der Waals surface area contributed by atoms with Gasteiger partial charge in [-0.3, -0.25) is 9.63 Å². The Morgan fingerprint density at radius 3 is 2.15 bits per heavy atom. The van der Waals surface area contributed by atoms with E-state index in [2.05, 4.69) is 11.4 Å². The number of nitrogens with one attached hydrogen (secondary N) is 2. The van der Waals surface area contributed by atoms with Crippen molar-refractivity contribution in [3.63, 3.8) is 0 Å². The lowest BCUT2D eigenvalue weighted by Crippen LogP contribution is -2.42. The first-order chi connectivity index (χ1) is 8.78. The van der Waals surface area contributed by atoms with Gasteiger partial charge in [0.2, 0.25) is 10.0 Å². The number of hydrogen-bond donors (Lipinski definition) is 2. The van der Waals surface area contributed by atoms with Crippen LogP contribution in [0.4, 0.5) is 13.2 Å². The van der Waals surface area contributed by atoms with Crippen LogP contribution in [0, 0.1) is 0 Å². The Kier molecular flexibility index (Phi) is 6.13. The van der Waals surface area contributed by atoms with Crippen LogP contribution >= 0.6 is 0 Å². The zero-order valence-corrected chi connectivity index (χ0v) is 11.7. The molecule has 2 N–H and O–H groups in total. The molecular formula is C7H11F3N2O6S2. The molecule has 0 rings (SSSR count). The minimum atomic E-state index is -6.02. The molecule has 0 aromatic carbocycles. The van der Waals surface area contributed by atoms with Gasteiger partial charge in [-0.05, 0) is 6.92 Å². The van der Waals surface area contributed by atoms with Gasteiger partial charge in [0.15, 0.2) is 0 Å². The van der Waals surface area contributed by atoms with E-state index in [4.69, 9.17) is 0 Å². The van der Waals surface area contributed by atoms with Crippen LogP contribution in [0.3, 0.4) is 0 Å². The molecule has 13 heteroatoms. The molecule has 0 saturated heterocycles. The molecule has 0 unspecified atom stereocenters. The molecule has 0 aliphatic heterocycles. The number of carbonyl (C=O) groups is 1. The van der Waals surface area contributed by atoms with Gasteiger partial charge in [0.1, 0.15) is 0 Å². The van der Waals surface area contributed by atoms with Crippen molar-refractivity contribution in [2.75, 3.05) is 12.4 Å². The van der Waals surface area contributed by atoms with Gasteiger partial charge >= 0.3 is 15.5 Å². The second kappa shape index (κ2) is 6.51. The predicted octanol–water partition coefficient (Wildman–Crippen LogP) is -0.621. The summed E-state index contributed by atoms with van der Waals surface area (Å²) in [5.41, 5.74) is -3.96. The highest BCUT2D eigenvalue weighted by atomic mass is 32.3. The van der Waals surface area contributed by atoms with Crippen LogP contribution in [-0.4, -0.2) is 40.6 Å². The highest BCUT2D eigenvalue weighted by Crippen LogP contribution is 2.22. The van der Waals surface area contributed by atoms with Gasteiger partial charge in [0.05, 0.1) is 12.4 Å². The highest BCUT2D eigenvalue weighted by molar-refractivity contribution is 8.05. The number of hydrogen-bond acceptors (Lipinski definition) is 6.